The van der Waals surface area contributed by atoms with Gasteiger partial charge in [-0.05, 0) is 24.6 Å². The molecule has 0 saturated heterocycles. The van der Waals surface area contributed by atoms with Gasteiger partial charge in [-0.25, -0.2) is 0 Å². The van der Waals surface area contributed by atoms with Crippen LogP contribution in [0.2, 0.25) is 0 Å². The largest absolute Gasteiger partial charge is 0.493 e. The van der Waals surface area contributed by atoms with Crippen molar-refractivity contribution >= 4 is 11.9 Å². The zero-order valence-corrected chi connectivity index (χ0v) is 9.96. The van der Waals surface area contributed by atoms with E-state index in [-0.39, 0.29) is 0 Å². The van der Waals surface area contributed by atoms with E-state index >= 15 is 0 Å². The van der Waals surface area contributed by atoms with Crippen LogP contribution >= 0.6 is 0 Å². The highest BCUT2D eigenvalue weighted by molar-refractivity contribution is 6.04. The van der Waals surface area contributed by atoms with E-state index in [1.807, 2.05) is 0 Å². The SMILES string of the molecule is COc1cc(C(=O)NC(=N)N)cc(C)c1OC. The van der Waals surface area contributed by atoms with Gasteiger partial charge in [-0.2, -0.15) is 0 Å². The smallest absolute Gasteiger partial charge is 0.258 e. The molecule has 0 aromatic heterocycles. The van der Waals surface area contributed by atoms with Crippen molar-refractivity contribution in [1.82, 2.24) is 5.32 Å². The highest BCUT2D eigenvalue weighted by Gasteiger charge is 2.14. The first-order valence-electron chi connectivity index (χ1n) is 4.87. The van der Waals surface area contributed by atoms with Crippen LogP contribution in [0.25, 0.3) is 0 Å². The third-order valence-corrected chi connectivity index (χ3v) is 2.17. The predicted molar refractivity (Wildman–Crippen MR) is 63.7 cm³/mol. The molecule has 0 aliphatic heterocycles. The molecule has 0 aliphatic rings. The third-order valence-electron chi connectivity index (χ3n) is 2.17. The monoisotopic (exact) mass is 237 g/mol. The Kier molecular flexibility index (Phi) is 3.92. The van der Waals surface area contributed by atoms with Crippen LogP contribution in [0.1, 0.15) is 15.9 Å². The lowest BCUT2D eigenvalue weighted by atomic mass is 10.1. The molecule has 0 aliphatic carbocycles. The van der Waals surface area contributed by atoms with Gasteiger partial charge in [0.05, 0.1) is 14.2 Å². The van der Waals surface area contributed by atoms with Crippen molar-refractivity contribution in [2.24, 2.45) is 5.73 Å². The Morgan fingerprint density at radius 3 is 2.47 bits per heavy atom. The van der Waals surface area contributed by atoms with Gasteiger partial charge in [0.2, 0.25) is 0 Å². The van der Waals surface area contributed by atoms with Gasteiger partial charge in [-0.3, -0.25) is 15.5 Å². The maximum absolute atomic E-state index is 11.6. The highest BCUT2D eigenvalue weighted by Crippen LogP contribution is 2.31. The van der Waals surface area contributed by atoms with E-state index in [4.69, 9.17) is 20.6 Å². The van der Waals surface area contributed by atoms with Crippen molar-refractivity contribution in [2.45, 2.75) is 6.92 Å². The first-order valence-corrected chi connectivity index (χ1v) is 4.87. The number of hydrogen-bond donors (Lipinski definition) is 3. The Hall–Kier alpha value is -2.24. The number of rotatable bonds is 3. The molecule has 1 rings (SSSR count). The number of nitrogens with two attached hydrogens (primary N) is 1. The second-order valence-electron chi connectivity index (χ2n) is 3.40. The van der Waals surface area contributed by atoms with Crippen molar-refractivity contribution in [1.29, 1.82) is 5.41 Å². The molecule has 4 N–H and O–H groups in total. The molecule has 6 heteroatoms. The van der Waals surface area contributed by atoms with Crippen molar-refractivity contribution in [3.05, 3.63) is 23.3 Å². The normalized spacial score (nSPS) is 9.59. The number of hydrogen-bond acceptors (Lipinski definition) is 4. The molecule has 6 nitrogen and oxygen atoms in total. The molecule has 1 aromatic rings. The highest BCUT2D eigenvalue weighted by atomic mass is 16.5. The number of amides is 1. The molecule has 0 spiro atoms. The van der Waals surface area contributed by atoms with Crippen LogP contribution in [0.3, 0.4) is 0 Å². The first-order chi connectivity index (χ1) is 7.99. The quantitative estimate of drug-likeness (QED) is 0.530. The number of nitrogens with one attached hydrogen (secondary N) is 2. The summed E-state index contributed by atoms with van der Waals surface area (Å²) in [4.78, 5) is 11.6. The minimum absolute atomic E-state index is 0.357. The van der Waals surface area contributed by atoms with Gasteiger partial charge < -0.3 is 15.2 Å². The maximum Gasteiger partial charge on any atom is 0.258 e. The summed E-state index contributed by atoms with van der Waals surface area (Å²) in [5.41, 5.74) is 6.21. The zero-order valence-electron chi connectivity index (χ0n) is 9.96. The average molecular weight is 237 g/mol. The topological polar surface area (TPSA) is 97.4 Å². The summed E-state index contributed by atoms with van der Waals surface area (Å²) in [6, 6.07) is 3.17. The van der Waals surface area contributed by atoms with E-state index in [0.29, 0.717) is 17.1 Å². The van der Waals surface area contributed by atoms with Crippen LogP contribution < -0.4 is 20.5 Å². The number of carbonyl (C=O) groups is 1. The summed E-state index contributed by atoms with van der Waals surface area (Å²) < 4.78 is 10.3. The fourth-order valence-electron chi connectivity index (χ4n) is 1.48. The Bertz CT molecular complexity index is 458. The minimum atomic E-state index is -0.457. The van der Waals surface area contributed by atoms with Gasteiger partial charge >= 0.3 is 0 Å². The maximum atomic E-state index is 11.6. The fraction of sp³-hybridized carbons (Fsp3) is 0.273. The van der Waals surface area contributed by atoms with Gasteiger partial charge in [0, 0.05) is 5.56 Å². The molecule has 0 saturated carbocycles. The Balaban J connectivity index is 3.15. The lowest BCUT2D eigenvalue weighted by Crippen LogP contribution is -2.35. The molecule has 17 heavy (non-hydrogen) atoms. The Morgan fingerprint density at radius 2 is 2.00 bits per heavy atom. The van der Waals surface area contributed by atoms with Gasteiger partial charge in [0.15, 0.2) is 17.5 Å². The summed E-state index contributed by atoms with van der Waals surface area (Å²) in [5, 5.41) is 9.20. The fourth-order valence-corrected chi connectivity index (χ4v) is 1.48. The summed E-state index contributed by atoms with van der Waals surface area (Å²) in [5.74, 6) is 0.178. The van der Waals surface area contributed by atoms with Gasteiger partial charge in [0.25, 0.3) is 5.91 Å². The van der Waals surface area contributed by atoms with Crippen LogP contribution in [0.5, 0.6) is 11.5 Å². The van der Waals surface area contributed by atoms with Gasteiger partial charge in [-0.1, -0.05) is 0 Å². The van der Waals surface area contributed by atoms with Gasteiger partial charge in [-0.15, -0.1) is 0 Å². The van der Waals surface area contributed by atoms with E-state index < -0.39 is 11.9 Å². The summed E-state index contributed by atoms with van der Waals surface area (Å²) in [6.07, 6.45) is 0. The number of guanidine groups is 1. The number of methoxy groups -OCH3 is 2. The lowest BCUT2D eigenvalue weighted by Gasteiger charge is -2.12. The summed E-state index contributed by atoms with van der Waals surface area (Å²) in [6.45, 7) is 1.80. The number of aryl methyl sites for hydroxylation is 1. The predicted octanol–water partition coefficient (Wildman–Crippen LogP) is 0.635. The van der Waals surface area contributed by atoms with Crippen molar-refractivity contribution in [3.8, 4) is 11.5 Å². The number of ether oxygens (including phenoxy) is 2. The molecular weight excluding hydrogens is 222 g/mol. The van der Waals surface area contributed by atoms with Crippen LogP contribution in [0, 0.1) is 12.3 Å². The number of benzene rings is 1. The summed E-state index contributed by atoms with van der Waals surface area (Å²) in [7, 11) is 3.02. The van der Waals surface area contributed by atoms with E-state index in [1.165, 1.54) is 20.3 Å². The molecule has 1 amide bonds. The molecule has 92 valence electrons. The first kappa shape index (κ1) is 12.8. The number of carbonyl (C=O) groups excluding carboxylic acids is 1. The summed E-state index contributed by atoms with van der Waals surface area (Å²) >= 11 is 0. The van der Waals surface area contributed by atoms with Crippen molar-refractivity contribution in [2.75, 3.05) is 14.2 Å². The lowest BCUT2D eigenvalue weighted by molar-refractivity contribution is 0.0976. The van der Waals surface area contributed by atoms with E-state index in [9.17, 15) is 4.79 Å². The molecular formula is C11H15N3O3. The average Bonchev–Trinajstić information content (AvgIpc) is 2.26. The molecule has 0 unspecified atom stereocenters. The van der Waals surface area contributed by atoms with Crippen LogP contribution in [-0.2, 0) is 0 Å². The van der Waals surface area contributed by atoms with Crippen LogP contribution in [0.15, 0.2) is 12.1 Å². The molecule has 0 bridgehead atoms. The molecule has 1 aromatic carbocycles. The Morgan fingerprint density at radius 1 is 1.35 bits per heavy atom. The van der Waals surface area contributed by atoms with E-state index in [2.05, 4.69) is 5.32 Å². The van der Waals surface area contributed by atoms with Crippen LogP contribution in [0.4, 0.5) is 0 Å². The molecule has 0 atom stereocenters. The van der Waals surface area contributed by atoms with Crippen molar-refractivity contribution in [3.63, 3.8) is 0 Å². The van der Waals surface area contributed by atoms with Crippen LogP contribution in [-0.4, -0.2) is 26.1 Å². The molecule has 0 fully saturated rings. The molecule has 0 radical (unpaired) electrons. The molecule has 0 heterocycles. The standard InChI is InChI=1S/C11H15N3O3/c1-6-4-7(10(15)14-11(12)13)5-8(16-2)9(6)17-3/h4-5H,1-3H3,(H4,12,13,14,15). The van der Waals surface area contributed by atoms with E-state index in [0.717, 1.165) is 5.56 Å². The van der Waals surface area contributed by atoms with Crippen molar-refractivity contribution < 1.29 is 14.3 Å². The second-order valence-corrected chi connectivity index (χ2v) is 3.40. The Labute approximate surface area is 99.2 Å². The van der Waals surface area contributed by atoms with Gasteiger partial charge in [0.1, 0.15) is 0 Å². The third kappa shape index (κ3) is 2.87. The zero-order chi connectivity index (χ0) is 13.0. The van der Waals surface area contributed by atoms with E-state index in [1.54, 1.807) is 13.0 Å². The second kappa shape index (κ2) is 5.20. The minimum Gasteiger partial charge on any atom is -0.493 e.